The minimum Gasteiger partial charge on any atom is -0.492 e. The first-order valence-electron chi connectivity index (χ1n) is 6.56. The Morgan fingerprint density at radius 1 is 1.47 bits per heavy atom. The van der Waals surface area contributed by atoms with Crippen LogP contribution in [0.5, 0.6) is 5.75 Å². The van der Waals surface area contributed by atoms with Crippen molar-refractivity contribution in [3.8, 4) is 5.75 Å². The number of amides is 1. The smallest absolute Gasteiger partial charge is 0.231 e. The standard InChI is InChI=1S/C14H20N2O3/c1-10(17)8-15-6-7-16-14(18)12-9-19-13-5-3-2-4-11(12)13/h2-5,10,12,15,17H,6-9H2,1H3,(H,16,18). The first kappa shape index (κ1) is 13.8. The highest BCUT2D eigenvalue weighted by Gasteiger charge is 2.29. The van der Waals surface area contributed by atoms with Crippen molar-refractivity contribution in [2.75, 3.05) is 26.2 Å². The Morgan fingerprint density at radius 2 is 2.26 bits per heavy atom. The van der Waals surface area contributed by atoms with Crippen molar-refractivity contribution in [3.05, 3.63) is 29.8 Å². The maximum absolute atomic E-state index is 12.0. The molecule has 0 saturated heterocycles. The predicted octanol–water partition coefficient (Wildman–Crippen LogP) is 0.249. The van der Waals surface area contributed by atoms with E-state index in [0.29, 0.717) is 26.2 Å². The van der Waals surface area contributed by atoms with Gasteiger partial charge in [0.15, 0.2) is 0 Å². The van der Waals surface area contributed by atoms with E-state index in [1.54, 1.807) is 6.92 Å². The van der Waals surface area contributed by atoms with Gasteiger partial charge in [0, 0.05) is 25.2 Å². The second-order valence-electron chi connectivity index (χ2n) is 4.75. The van der Waals surface area contributed by atoms with Crippen molar-refractivity contribution in [1.29, 1.82) is 0 Å². The Kier molecular flexibility index (Phi) is 4.76. The summed E-state index contributed by atoms with van der Waals surface area (Å²) in [6.07, 6.45) is -0.370. The molecule has 0 fully saturated rings. The molecule has 104 valence electrons. The summed E-state index contributed by atoms with van der Waals surface area (Å²) in [4.78, 5) is 12.0. The summed E-state index contributed by atoms with van der Waals surface area (Å²) in [5, 5.41) is 15.0. The number of aliphatic hydroxyl groups excluding tert-OH is 1. The molecule has 5 heteroatoms. The molecule has 0 bridgehead atoms. The lowest BCUT2D eigenvalue weighted by Crippen LogP contribution is -2.37. The Morgan fingerprint density at radius 3 is 3.05 bits per heavy atom. The molecule has 1 aromatic rings. The van der Waals surface area contributed by atoms with Gasteiger partial charge in [-0.1, -0.05) is 18.2 Å². The van der Waals surface area contributed by atoms with Gasteiger partial charge in [-0.3, -0.25) is 4.79 Å². The van der Waals surface area contributed by atoms with Gasteiger partial charge in [-0.25, -0.2) is 0 Å². The highest BCUT2D eigenvalue weighted by molar-refractivity contribution is 5.85. The van der Waals surface area contributed by atoms with Crippen LogP contribution >= 0.6 is 0 Å². The van der Waals surface area contributed by atoms with Crippen molar-refractivity contribution in [2.45, 2.75) is 18.9 Å². The molecule has 0 spiro atoms. The van der Waals surface area contributed by atoms with E-state index in [-0.39, 0.29) is 17.9 Å². The zero-order valence-electron chi connectivity index (χ0n) is 11.1. The third kappa shape index (κ3) is 3.68. The maximum atomic E-state index is 12.0. The quantitative estimate of drug-likeness (QED) is 0.644. The van der Waals surface area contributed by atoms with Gasteiger partial charge in [-0.15, -0.1) is 0 Å². The van der Waals surface area contributed by atoms with Gasteiger partial charge in [0.05, 0.1) is 6.10 Å². The zero-order valence-corrected chi connectivity index (χ0v) is 11.1. The van der Waals surface area contributed by atoms with Crippen molar-refractivity contribution < 1.29 is 14.6 Å². The molecule has 0 aromatic heterocycles. The van der Waals surface area contributed by atoms with E-state index >= 15 is 0 Å². The van der Waals surface area contributed by atoms with Crippen LogP contribution in [-0.2, 0) is 4.79 Å². The number of carbonyl (C=O) groups is 1. The van der Waals surface area contributed by atoms with Gasteiger partial charge < -0.3 is 20.5 Å². The van der Waals surface area contributed by atoms with Crippen molar-refractivity contribution in [1.82, 2.24) is 10.6 Å². The molecule has 2 atom stereocenters. The second kappa shape index (κ2) is 6.54. The number of benzene rings is 1. The fourth-order valence-electron chi connectivity index (χ4n) is 2.09. The zero-order chi connectivity index (χ0) is 13.7. The molecule has 19 heavy (non-hydrogen) atoms. The minimum atomic E-state index is -0.370. The molecule has 1 aromatic carbocycles. The number of hydrogen-bond acceptors (Lipinski definition) is 4. The first-order valence-corrected chi connectivity index (χ1v) is 6.56. The summed E-state index contributed by atoms with van der Waals surface area (Å²) in [6.45, 7) is 3.85. The fourth-order valence-corrected chi connectivity index (χ4v) is 2.09. The minimum absolute atomic E-state index is 0.0104. The highest BCUT2D eigenvalue weighted by atomic mass is 16.5. The summed E-state index contributed by atoms with van der Waals surface area (Å²) in [5.41, 5.74) is 0.955. The number of rotatable bonds is 6. The molecule has 1 heterocycles. The lowest BCUT2D eigenvalue weighted by atomic mass is 10.0. The van der Waals surface area contributed by atoms with Crippen molar-refractivity contribution in [3.63, 3.8) is 0 Å². The molecule has 0 saturated carbocycles. The van der Waals surface area contributed by atoms with Crippen LogP contribution in [-0.4, -0.2) is 43.4 Å². The average Bonchev–Trinajstić information content (AvgIpc) is 2.81. The normalized spacial score (nSPS) is 18.5. The van der Waals surface area contributed by atoms with E-state index < -0.39 is 0 Å². The lowest BCUT2D eigenvalue weighted by Gasteiger charge is -2.11. The third-order valence-electron chi connectivity index (χ3n) is 3.06. The highest BCUT2D eigenvalue weighted by Crippen LogP contribution is 2.33. The number of nitrogens with one attached hydrogen (secondary N) is 2. The molecule has 1 amide bonds. The molecule has 0 aliphatic carbocycles. The van der Waals surface area contributed by atoms with E-state index in [9.17, 15) is 4.79 Å². The van der Waals surface area contributed by atoms with E-state index in [4.69, 9.17) is 9.84 Å². The molecular formula is C14H20N2O3. The van der Waals surface area contributed by atoms with E-state index in [1.165, 1.54) is 0 Å². The summed E-state index contributed by atoms with van der Waals surface area (Å²) >= 11 is 0. The SMILES string of the molecule is CC(O)CNCCNC(=O)C1COc2ccccc21. The Labute approximate surface area is 113 Å². The number of hydrogen-bond donors (Lipinski definition) is 3. The fraction of sp³-hybridized carbons (Fsp3) is 0.500. The Bertz CT molecular complexity index is 434. The van der Waals surface area contributed by atoms with Crippen LogP contribution in [0.3, 0.4) is 0 Å². The first-order chi connectivity index (χ1) is 9.18. The predicted molar refractivity (Wildman–Crippen MR) is 72.2 cm³/mol. The van der Waals surface area contributed by atoms with Gasteiger partial charge in [0.2, 0.25) is 5.91 Å². The summed E-state index contributed by atoms with van der Waals surface area (Å²) < 4.78 is 5.48. The topological polar surface area (TPSA) is 70.6 Å². The van der Waals surface area contributed by atoms with E-state index in [2.05, 4.69) is 10.6 Å². The van der Waals surface area contributed by atoms with Gasteiger partial charge >= 0.3 is 0 Å². The molecule has 1 aliphatic heterocycles. The van der Waals surface area contributed by atoms with Crippen molar-refractivity contribution in [2.24, 2.45) is 0 Å². The third-order valence-corrected chi connectivity index (χ3v) is 3.06. The number of aliphatic hydroxyl groups is 1. The van der Waals surface area contributed by atoms with Crippen LogP contribution < -0.4 is 15.4 Å². The van der Waals surface area contributed by atoms with Crippen molar-refractivity contribution >= 4 is 5.91 Å². The van der Waals surface area contributed by atoms with Crippen LogP contribution in [0, 0.1) is 0 Å². The molecule has 0 radical (unpaired) electrons. The average molecular weight is 264 g/mol. The molecule has 2 rings (SSSR count). The molecule has 5 nitrogen and oxygen atoms in total. The number of para-hydroxylation sites is 1. The van der Waals surface area contributed by atoms with Gasteiger partial charge in [0.25, 0.3) is 0 Å². The Hall–Kier alpha value is -1.59. The van der Waals surface area contributed by atoms with Crippen LogP contribution in [0.4, 0.5) is 0 Å². The molecule has 1 aliphatic rings. The van der Waals surface area contributed by atoms with E-state index in [1.807, 2.05) is 24.3 Å². The Balaban J connectivity index is 1.76. The summed E-state index contributed by atoms with van der Waals surface area (Å²) in [7, 11) is 0. The van der Waals surface area contributed by atoms with Gasteiger partial charge in [-0.05, 0) is 13.0 Å². The van der Waals surface area contributed by atoms with Gasteiger partial charge in [-0.2, -0.15) is 0 Å². The largest absolute Gasteiger partial charge is 0.492 e. The summed E-state index contributed by atoms with van der Waals surface area (Å²) in [5.74, 6) is 0.576. The molecule has 2 unspecified atom stereocenters. The van der Waals surface area contributed by atoms with Crippen LogP contribution in [0.1, 0.15) is 18.4 Å². The number of carbonyl (C=O) groups excluding carboxylic acids is 1. The van der Waals surface area contributed by atoms with Crippen LogP contribution in [0.15, 0.2) is 24.3 Å². The lowest BCUT2D eigenvalue weighted by molar-refractivity contribution is -0.122. The maximum Gasteiger partial charge on any atom is 0.231 e. The molecular weight excluding hydrogens is 244 g/mol. The second-order valence-corrected chi connectivity index (χ2v) is 4.75. The molecule has 3 N–H and O–H groups in total. The van der Waals surface area contributed by atoms with E-state index in [0.717, 1.165) is 11.3 Å². The number of fused-ring (bicyclic) bond motifs is 1. The van der Waals surface area contributed by atoms with Gasteiger partial charge in [0.1, 0.15) is 18.3 Å². The number of ether oxygens (including phenoxy) is 1. The van der Waals surface area contributed by atoms with Crippen LogP contribution in [0.25, 0.3) is 0 Å². The summed E-state index contributed by atoms with van der Waals surface area (Å²) in [6, 6.07) is 7.63. The van der Waals surface area contributed by atoms with Crippen LogP contribution in [0.2, 0.25) is 0 Å². The monoisotopic (exact) mass is 264 g/mol.